The fraction of sp³-hybridized carbons (Fsp3) is 0.440. The van der Waals surface area contributed by atoms with Gasteiger partial charge >= 0.3 is 0 Å². The summed E-state index contributed by atoms with van der Waals surface area (Å²) in [6.07, 6.45) is 3.13. The van der Waals surface area contributed by atoms with E-state index in [1.807, 2.05) is 13.8 Å². The zero-order valence-corrected chi connectivity index (χ0v) is 22.9. The van der Waals surface area contributed by atoms with Crippen LogP contribution in [-0.2, 0) is 26.2 Å². The van der Waals surface area contributed by atoms with E-state index in [-0.39, 0.29) is 12.5 Å². The molecule has 0 unspecified atom stereocenters. The Bertz CT molecular complexity index is 1140. The number of carbonyl (C=O) groups is 2. The molecule has 192 valence electrons. The summed E-state index contributed by atoms with van der Waals surface area (Å²) in [4.78, 5) is 28.1. The van der Waals surface area contributed by atoms with Crippen LogP contribution in [0.5, 0.6) is 0 Å². The first-order valence-electron chi connectivity index (χ1n) is 11.5. The lowest BCUT2D eigenvalue weighted by atomic mass is 10.1. The first kappa shape index (κ1) is 28.9. The molecular formula is C25H33Cl2N3O4S. The number of hydrogen-bond acceptors (Lipinski definition) is 4. The molecule has 0 saturated carbocycles. The van der Waals surface area contributed by atoms with Crippen LogP contribution in [0, 0.1) is 6.92 Å². The number of para-hydroxylation sites is 1. The van der Waals surface area contributed by atoms with Gasteiger partial charge in [0.1, 0.15) is 12.6 Å². The lowest BCUT2D eigenvalue weighted by Gasteiger charge is -2.33. The highest BCUT2D eigenvalue weighted by Crippen LogP contribution is 2.26. The molecule has 0 aliphatic heterocycles. The van der Waals surface area contributed by atoms with E-state index in [4.69, 9.17) is 23.2 Å². The molecule has 0 aromatic heterocycles. The van der Waals surface area contributed by atoms with Crippen LogP contribution >= 0.6 is 23.2 Å². The van der Waals surface area contributed by atoms with Gasteiger partial charge in [-0.1, -0.05) is 67.7 Å². The molecule has 0 radical (unpaired) electrons. The number of amides is 2. The largest absolute Gasteiger partial charge is 0.354 e. The molecule has 10 heteroatoms. The van der Waals surface area contributed by atoms with E-state index >= 15 is 0 Å². The minimum absolute atomic E-state index is 0.0277. The summed E-state index contributed by atoms with van der Waals surface area (Å²) >= 11 is 12.4. The van der Waals surface area contributed by atoms with Gasteiger partial charge in [0.2, 0.25) is 21.8 Å². The number of nitrogens with one attached hydrogen (secondary N) is 1. The summed E-state index contributed by atoms with van der Waals surface area (Å²) in [5.41, 5.74) is 1.72. The Kier molecular flexibility index (Phi) is 10.9. The second-order valence-corrected chi connectivity index (χ2v) is 11.1. The molecule has 1 N–H and O–H groups in total. The lowest BCUT2D eigenvalue weighted by Crippen LogP contribution is -2.52. The van der Waals surface area contributed by atoms with Gasteiger partial charge in [-0.05, 0) is 49.1 Å². The molecule has 0 fully saturated rings. The molecular weight excluding hydrogens is 509 g/mol. The molecule has 2 aromatic carbocycles. The van der Waals surface area contributed by atoms with Crippen LogP contribution in [0.3, 0.4) is 0 Å². The van der Waals surface area contributed by atoms with Crippen molar-refractivity contribution in [3.8, 4) is 0 Å². The van der Waals surface area contributed by atoms with Crippen molar-refractivity contribution in [1.82, 2.24) is 10.2 Å². The SMILES string of the molecule is CCCCNC(=O)[C@@H](CC)N(Cc1ccc(Cl)cc1Cl)C(=O)CN(c1ccccc1C)S(C)(=O)=O. The predicted molar refractivity (Wildman–Crippen MR) is 142 cm³/mol. The molecule has 0 heterocycles. The van der Waals surface area contributed by atoms with Crippen LogP contribution in [0.4, 0.5) is 5.69 Å². The Morgan fingerprint density at radius 3 is 2.34 bits per heavy atom. The zero-order chi connectivity index (χ0) is 26.2. The van der Waals surface area contributed by atoms with Crippen molar-refractivity contribution in [3.63, 3.8) is 0 Å². The van der Waals surface area contributed by atoms with Gasteiger partial charge in [0.05, 0.1) is 11.9 Å². The summed E-state index contributed by atoms with van der Waals surface area (Å²) in [7, 11) is -3.78. The van der Waals surface area contributed by atoms with E-state index in [1.165, 1.54) is 4.90 Å². The average Bonchev–Trinajstić information content (AvgIpc) is 2.78. The zero-order valence-electron chi connectivity index (χ0n) is 20.6. The Morgan fingerprint density at radius 1 is 1.09 bits per heavy atom. The normalized spacial score (nSPS) is 12.2. The number of unbranched alkanes of at least 4 members (excludes halogenated alkanes) is 1. The Morgan fingerprint density at radius 2 is 1.77 bits per heavy atom. The van der Waals surface area contributed by atoms with Crippen LogP contribution in [0.2, 0.25) is 10.0 Å². The fourth-order valence-corrected chi connectivity index (χ4v) is 5.07. The van der Waals surface area contributed by atoms with E-state index in [2.05, 4.69) is 5.32 Å². The topological polar surface area (TPSA) is 86.8 Å². The van der Waals surface area contributed by atoms with E-state index in [0.29, 0.717) is 39.8 Å². The number of sulfonamides is 1. The van der Waals surface area contributed by atoms with Gasteiger partial charge in [-0.15, -0.1) is 0 Å². The van der Waals surface area contributed by atoms with Gasteiger partial charge in [0, 0.05) is 23.1 Å². The minimum Gasteiger partial charge on any atom is -0.354 e. The Balaban J connectivity index is 2.45. The van der Waals surface area contributed by atoms with E-state index in [9.17, 15) is 18.0 Å². The van der Waals surface area contributed by atoms with Crippen LogP contribution in [0.1, 0.15) is 44.2 Å². The molecule has 0 aliphatic carbocycles. The van der Waals surface area contributed by atoms with Gasteiger partial charge in [0.15, 0.2) is 0 Å². The smallest absolute Gasteiger partial charge is 0.244 e. The van der Waals surface area contributed by atoms with Crippen LogP contribution < -0.4 is 9.62 Å². The Labute approximate surface area is 218 Å². The second kappa shape index (κ2) is 13.1. The van der Waals surface area contributed by atoms with Crippen molar-refractivity contribution < 1.29 is 18.0 Å². The highest BCUT2D eigenvalue weighted by Gasteiger charge is 2.32. The third-order valence-electron chi connectivity index (χ3n) is 5.63. The molecule has 0 saturated heterocycles. The molecule has 0 aliphatic rings. The van der Waals surface area contributed by atoms with Crippen molar-refractivity contribution in [2.75, 3.05) is 23.7 Å². The maximum atomic E-state index is 13.7. The first-order valence-corrected chi connectivity index (χ1v) is 14.1. The summed E-state index contributed by atoms with van der Waals surface area (Å²) < 4.78 is 26.4. The van der Waals surface area contributed by atoms with Crippen LogP contribution in [-0.4, -0.2) is 50.5 Å². The van der Waals surface area contributed by atoms with Crippen molar-refractivity contribution >= 4 is 50.7 Å². The van der Waals surface area contributed by atoms with Gasteiger partial charge in [-0.3, -0.25) is 13.9 Å². The minimum atomic E-state index is -3.78. The third kappa shape index (κ3) is 8.12. The summed E-state index contributed by atoms with van der Waals surface area (Å²) in [5.74, 6) is -0.802. The molecule has 2 rings (SSSR count). The molecule has 0 spiro atoms. The highest BCUT2D eigenvalue weighted by atomic mass is 35.5. The number of aryl methyl sites for hydroxylation is 1. The quantitative estimate of drug-likeness (QED) is 0.391. The van der Waals surface area contributed by atoms with E-state index in [1.54, 1.807) is 49.4 Å². The van der Waals surface area contributed by atoms with Crippen molar-refractivity contribution in [2.24, 2.45) is 0 Å². The molecule has 35 heavy (non-hydrogen) atoms. The molecule has 0 bridgehead atoms. The van der Waals surface area contributed by atoms with Gasteiger partial charge < -0.3 is 10.2 Å². The van der Waals surface area contributed by atoms with Crippen molar-refractivity contribution in [2.45, 2.75) is 52.6 Å². The lowest BCUT2D eigenvalue weighted by molar-refractivity contribution is -0.140. The maximum absolute atomic E-state index is 13.7. The maximum Gasteiger partial charge on any atom is 0.244 e. The Hall–Kier alpha value is -2.29. The fourth-order valence-electron chi connectivity index (χ4n) is 3.70. The summed E-state index contributed by atoms with van der Waals surface area (Å²) in [6.45, 7) is 5.68. The third-order valence-corrected chi connectivity index (χ3v) is 7.35. The standard InChI is InChI=1S/C25H33Cl2N3O4S/c1-5-7-14-28-25(32)22(6-2)29(16-19-12-13-20(26)15-21(19)27)24(31)17-30(35(4,33)34)23-11-9-8-10-18(23)3/h8-13,15,22H,5-7,14,16-17H2,1-4H3,(H,28,32)/t22-/m1/s1. The number of rotatable bonds is 12. The number of hydrogen-bond donors (Lipinski definition) is 1. The summed E-state index contributed by atoms with van der Waals surface area (Å²) in [5, 5.41) is 3.69. The van der Waals surface area contributed by atoms with E-state index in [0.717, 1.165) is 23.4 Å². The number of halogens is 2. The van der Waals surface area contributed by atoms with Gasteiger partial charge in [-0.25, -0.2) is 8.42 Å². The van der Waals surface area contributed by atoms with Crippen LogP contribution in [0.15, 0.2) is 42.5 Å². The molecule has 7 nitrogen and oxygen atoms in total. The number of anilines is 1. The van der Waals surface area contributed by atoms with Crippen LogP contribution in [0.25, 0.3) is 0 Å². The van der Waals surface area contributed by atoms with Gasteiger partial charge in [-0.2, -0.15) is 0 Å². The first-order chi connectivity index (χ1) is 16.5. The predicted octanol–water partition coefficient (Wildman–Crippen LogP) is 4.79. The van der Waals surface area contributed by atoms with E-state index < -0.39 is 28.5 Å². The number of carbonyl (C=O) groups excluding carboxylic acids is 2. The highest BCUT2D eigenvalue weighted by molar-refractivity contribution is 7.92. The summed E-state index contributed by atoms with van der Waals surface area (Å²) in [6, 6.07) is 11.1. The molecule has 2 amide bonds. The van der Waals surface area contributed by atoms with Crippen molar-refractivity contribution in [1.29, 1.82) is 0 Å². The second-order valence-electron chi connectivity index (χ2n) is 8.38. The number of nitrogens with zero attached hydrogens (tertiary/aromatic N) is 2. The molecule has 1 atom stereocenters. The van der Waals surface area contributed by atoms with Crippen molar-refractivity contribution in [3.05, 3.63) is 63.6 Å². The molecule has 2 aromatic rings. The number of benzene rings is 2. The monoisotopic (exact) mass is 541 g/mol. The average molecular weight is 543 g/mol. The van der Waals surface area contributed by atoms with Gasteiger partial charge in [0.25, 0.3) is 0 Å².